The van der Waals surface area contributed by atoms with Crippen molar-refractivity contribution in [1.29, 1.82) is 0 Å². The summed E-state index contributed by atoms with van der Waals surface area (Å²) < 4.78 is 7.75. The van der Waals surface area contributed by atoms with Crippen LogP contribution in [0.1, 0.15) is 43.1 Å². The molecular weight excluding hydrogens is 264 g/mol. The summed E-state index contributed by atoms with van der Waals surface area (Å²) >= 11 is 0. The molecule has 0 radical (unpaired) electrons. The molecule has 1 unspecified atom stereocenters. The van der Waals surface area contributed by atoms with E-state index >= 15 is 0 Å². The highest BCUT2D eigenvalue weighted by Crippen LogP contribution is 2.25. The van der Waals surface area contributed by atoms with Crippen LogP contribution in [0.4, 0.5) is 0 Å². The number of hydrogen-bond acceptors (Lipinski definition) is 4. The number of rotatable bonds is 4. The Hall–Kier alpha value is -2.14. The second kappa shape index (κ2) is 5.33. The van der Waals surface area contributed by atoms with Crippen LogP contribution in [0.15, 0.2) is 35.0 Å². The first kappa shape index (κ1) is 13.8. The molecule has 3 rings (SSSR count). The van der Waals surface area contributed by atoms with Crippen LogP contribution in [0.5, 0.6) is 0 Å². The lowest BCUT2D eigenvalue weighted by atomic mass is 10.1. The molecule has 3 aromatic rings. The molecule has 0 saturated heterocycles. The smallest absolute Gasteiger partial charge is 0.138 e. The SMILES string of the molecule is Cc1ccc2oc(C(N)Cc3ncnn3C(C)C)cc2c1. The summed E-state index contributed by atoms with van der Waals surface area (Å²) in [7, 11) is 0. The Morgan fingerprint density at radius 1 is 1.29 bits per heavy atom. The molecule has 2 N–H and O–H groups in total. The summed E-state index contributed by atoms with van der Waals surface area (Å²) in [5.41, 5.74) is 8.37. The predicted octanol–water partition coefficient (Wildman–Crippen LogP) is 3.16. The predicted molar refractivity (Wildman–Crippen MR) is 82.0 cm³/mol. The number of nitrogens with zero attached hydrogens (tertiary/aromatic N) is 3. The minimum absolute atomic E-state index is 0.223. The van der Waals surface area contributed by atoms with Gasteiger partial charge >= 0.3 is 0 Å². The standard InChI is InChI=1S/C16H20N4O/c1-10(2)20-16(18-9-19-20)8-13(17)15-7-12-6-11(3)4-5-14(12)21-15/h4-7,9-10,13H,8,17H2,1-3H3. The van der Waals surface area contributed by atoms with E-state index in [0.717, 1.165) is 22.6 Å². The number of aryl methyl sites for hydroxylation is 1. The summed E-state index contributed by atoms with van der Waals surface area (Å²) in [4.78, 5) is 4.30. The fourth-order valence-electron chi connectivity index (χ4n) is 2.51. The molecule has 1 aromatic carbocycles. The number of aromatic nitrogens is 3. The van der Waals surface area contributed by atoms with Gasteiger partial charge in [0.1, 0.15) is 23.5 Å². The van der Waals surface area contributed by atoms with Gasteiger partial charge < -0.3 is 10.2 Å². The van der Waals surface area contributed by atoms with Crippen LogP contribution in [0.3, 0.4) is 0 Å². The van der Waals surface area contributed by atoms with E-state index in [-0.39, 0.29) is 12.1 Å². The Morgan fingerprint density at radius 3 is 2.86 bits per heavy atom. The Labute approximate surface area is 123 Å². The lowest BCUT2D eigenvalue weighted by molar-refractivity contribution is 0.458. The largest absolute Gasteiger partial charge is 0.459 e. The molecule has 110 valence electrons. The second-order valence-electron chi connectivity index (χ2n) is 5.72. The Morgan fingerprint density at radius 2 is 2.10 bits per heavy atom. The van der Waals surface area contributed by atoms with Gasteiger partial charge in [0.15, 0.2) is 0 Å². The molecule has 0 amide bonds. The van der Waals surface area contributed by atoms with Gasteiger partial charge in [0.2, 0.25) is 0 Å². The van der Waals surface area contributed by atoms with Crippen molar-refractivity contribution in [2.24, 2.45) is 5.73 Å². The zero-order valence-electron chi connectivity index (χ0n) is 12.6. The lowest BCUT2D eigenvalue weighted by Gasteiger charge is -2.12. The van der Waals surface area contributed by atoms with Crippen molar-refractivity contribution >= 4 is 11.0 Å². The average molecular weight is 284 g/mol. The molecular formula is C16H20N4O. The van der Waals surface area contributed by atoms with Crippen LogP contribution in [-0.2, 0) is 6.42 Å². The maximum atomic E-state index is 6.28. The van der Waals surface area contributed by atoms with Crippen LogP contribution in [0.2, 0.25) is 0 Å². The third kappa shape index (κ3) is 2.69. The van der Waals surface area contributed by atoms with Gasteiger partial charge in [-0.2, -0.15) is 5.10 Å². The molecule has 0 saturated carbocycles. The molecule has 0 aliphatic heterocycles. The average Bonchev–Trinajstić information content (AvgIpc) is 3.04. The second-order valence-corrected chi connectivity index (χ2v) is 5.72. The van der Waals surface area contributed by atoms with Gasteiger partial charge in [-0.25, -0.2) is 9.67 Å². The van der Waals surface area contributed by atoms with Crippen LogP contribution in [0.25, 0.3) is 11.0 Å². The summed E-state index contributed by atoms with van der Waals surface area (Å²) in [6.45, 7) is 6.22. The molecule has 0 aliphatic rings. The van der Waals surface area contributed by atoms with Crippen LogP contribution < -0.4 is 5.73 Å². The highest BCUT2D eigenvalue weighted by atomic mass is 16.3. The molecule has 0 aliphatic carbocycles. The van der Waals surface area contributed by atoms with Gasteiger partial charge in [0.25, 0.3) is 0 Å². The van der Waals surface area contributed by atoms with Crippen LogP contribution in [-0.4, -0.2) is 14.8 Å². The first-order valence-electron chi connectivity index (χ1n) is 7.18. The third-order valence-corrected chi connectivity index (χ3v) is 3.60. The van der Waals surface area contributed by atoms with Crippen molar-refractivity contribution in [3.05, 3.63) is 47.7 Å². The van der Waals surface area contributed by atoms with E-state index < -0.39 is 0 Å². The van der Waals surface area contributed by atoms with E-state index in [2.05, 4.69) is 36.9 Å². The van der Waals surface area contributed by atoms with Crippen molar-refractivity contribution < 1.29 is 4.42 Å². The number of hydrogen-bond donors (Lipinski definition) is 1. The first-order valence-corrected chi connectivity index (χ1v) is 7.18. The highest BCUT2D eigenvalue weighted by molar-refractivity contribution is 5.78. The first-order chi connectivity index (χ1) is 10.0. The molecule has 2 aromatic heterocycles. The monoisotopic (exact) mass is 284 g/mol. The number of benzene rings is 1. The van der Waals surface area contributed by atoms with Gasteiger partial charge in [0.05, 0.1) is 6.04 Å². The van der Waals surface area contributed by atoms with Crippen molar-refractivity contribution in [3.63, 3.8) is 0 Å². The van der Waals surface area contributed by atoms with Gasteiger partial charge in [-0.05, 0) is 39.0 Å². The van der Waals surface area contributed by atoms with E-state index in [9.17, 15) is 0 Å². The van der Waals surface area contributed by atoms with Crippen molar-refractivity contribution in [3.8, 4) is 0 Å². The van der Waals surface area contributed by atoms with Gasteiger partial charge in [-0.1, -0.05) is 11.6 Å². The highest BCUT2D eigenvalue weighted by Gasteiger charge is 2.17. The van der Waals surface area contributed by atoms with E-state index in [1.165, 1.54) is 5.56 Å². The zero-order chi connectivity index (χ0) is 15.0. The third-order valence-electron chi connectivity index (χ3n) is 3.60. The molecule has 1 atom stereocenters. The summed E-state index contributed by atoms with van der Waals surface area (Å²) in [6, 6.07) is 8.19. The fourth-order valence-corrected chi connectivity index (χ4v) is 2.51. The van der Waals surface area contributed by atoms with Gasteiger partial charge in [0, 0.05) is 17.8 Å². The molecule has 0 spiro atoms. The van der Waals surface area contributed by atoms with E-state index in [1.807, 2.05) is 22.9 Å². The van der Waals surface area contributed by atoms with E-state index in [1.54, 1.807) is 6.33 Å². The minimum atomic E-state index is -0.223. The Kier molecular flexibility index (Phi) is 3.51. The molecule has 21 heavy (non-hydrogen) atoms. The maximum absolute atomic E-state index is 6.28. The fraction of sp³-hybridized carbons (Fsp3) is 0.375. The summed E-state index contributed by atoms with van der Waals surface area (Å²) in [5, 5.41) is 5.32. The van der Waals surface area contributed by atoms with E-state index in [0.29, 0.717) is 6.42 Å². The van der Waals surface area contributed by atoms with Crippen molar-refractivity contribution in [1.82, 2.24) is 14.8 Å². The van der Waals surface area contributed by atoms with Crippen LogP contribution >= 0.6 is 0 Å². The van der Waals surface area contributed by atoms with Gasteiger partial charge in [-0.3, -0.25) is 0 Å². The normalized spacial score (nSPS) is 13.2. The molecule has 0 bridgehead atoms. The number of furan rings is 1. The zero-order valence-corrected chi connectivity index (χ0v) is 12.6. The summed E-state index contributed by atoms with van der Waals surface area (Å²) in [6.07, 6.45) is 2.18. The van der Waals surface area contributed by atoms with Crippen molar-refractivity contribution in [2.75, 3.05) is 0 Å². The molecule has 5 heteroatoms. The number of fused-ring (bicyclic) bond motifs is 1. The number of nitrogens with two attached hydrogens (primary N) is 1. The maximum Gasteiger partial charge on any atom is 0.138 e. The van der Waals surface area contributed by atoms with Crippen LogP contribution in [0, 0.1) is 6.92 Å². The molecule has 2 heterocycles. The Bertz CT molecular complexity index is 757. The minimum Gasteiger partial charge on any atom is -0.459 e. The quantitative estimate of drug-likeness (QED) is 0.799. The Balaban J connectivity index is 1.86. The van der Waals surface area contributed by atoms with Crippen molar-refractivity contribution in [2.45, 2.75) is 39.3 Å². The van der Waals surface area contributed by atoms with E-state index in [4.69, 9.17) is 10.2 Å². The molecule has 0 fully saturated rings. The molecule has 5 nitrogen and oxygen atoms in total. The topological polar surface area (TPSA) is 69.9 Å². The lowest BCUT2D eigenvalue weighted by Crippen LogP contribution is -2.17. The van der Waals surface area contributed by atoms with Gasteiger partial charge in [-0.15, -0.1) is 0 Å². The summed E-state index contributed by atoms with van der Waals surface area (Å²) in [5.74, 6) is 1.67.